The standard InChI is InChI=1S/C6H11NO/c1-8-6-2-3-7-5(6)4-6/h5,7H,2-4H2,1H3. The van der Waals surface area contributed by atoms with Crippen LogP contribution in [0.5, 0.6) is 0 Å². The van der Waals surface area contributed by atoms with Crippen molar-refractivity contribution in [3.8, 4) is 0 Å². The molecule has 1 aliphatic carbocycles. The van der Waals surface area contributed by atoms with Gasteiger partial charge in [0.25, 0.3) is 0 Å². The molecule has 0 aromatic carbocycles. The first-order valence-corrected chi connectivity index (χ1v) is 3.16. The Kier molecular flexibility index (Phi) is 0.746. The molecule has 0 aromatic heterocycles. The Bertz CT molecular complexity index is 111. The van der Waals surface area contributed by atoms with Crippen LogP contribution in [0, 0.1) is 0 Å². The Morgan fingerprint density at radius 3 is 2.88 bits per heavy atom. The van der Waals surface area contributed by atoms with E-state index in [1.165, 1.54) is 12.8 Å². The van der Waals surface area contributed by atoms with Crippen LogP contribution in [0.2, 0.25) is 0 Å². The largest absolute Gasteiger partial charge is 0.376 e. The second-order valence-corrected chi connectivity index (χ2v) is 2.73. The molecular formula is C6H11NO. The van der Waals surface area contributed by atoms with Crippen molar-refractivity contribution in [3.05, 3.63) is 0 Å². The first-order valence-electron chi connectivity index (χ1n) is 3.16. The molecule has 8 heavy (non-hydrogen) atoms. The number of fused-ring (bicyclic) bond motifs is 1. The van der Waals surface area contributed by atoms with E-state index in [0.29, 0.717) is 11.6 Å². The Morgan fingerprint density at radius 1 is 1.75 bits per heavy atom. The number of ether oxygens (including phenoxy) is 1. The maximum atomic E-state index is 5.31. The predicted octanol–water partition coefficient (Wildman–Crippen LogP) is 0.137. The molecule has 0 bridgehead atoms. The minimum atomic E-state index is 0.292. The van der Waals surface area contributed by atoms with Gasteiger partial charge < -0.3 is 10.1 Å². The van der Waals surface area contributed by atoms with Crippen LogP contribution in [0.15, 0.2) is 0 Å². The van der Waals surface area contributed by atoms with Crippen molar-refractivity contribution < 1.29 is 4.74 Å². The third kappa shape index (κ3) is 0.400. The highest BCUT2D eigenvalue weighted by Gasteiger charge is 2.57. The van der Waals surface area contributed by atoms with Gasteiger partial charge in [0.2, 0.25) is 0 Å². The topological polar surface area (TPSA) is 21.3 Å². The summed E-state index contributed by atoms with van der Waals surface area (Å²) >= 11 is 0. The van der Waals surface area contributed by atoms with Crippen molar-refractivity contribution in [3.63, 3.8) is 0 Å². The lowest BCUT2D eigenvalue weighted by atomic mass is 10.3. The fraction of sp³-hybridized carbons (Fsp3) is 1.00. The van der Waals surface area contributed by atoms with Crippen LogP contribution in [-0.2, 0) is 4.74 Å². The zero-order chi connectivity index (χ0) is 5.61. The lowest BCUT2D eigenvalue weighted by molar-refractivity contribution is 0.0822. The van der Waals surface area contributed by atoms with Crippen molar-refractivity contribution in [2.45, 2.75) is 24.5 Å². The van der Waals surface area contributed by atoms with Crippen molar-refractivity contribution >= 4 is 0 Å². The van der Waals surface area contributed by atoms with Gasteiger partial charge in [0, 0.05) is 13.2 Å². The number of piperidine rings is 1. The quantitative estimate of drug-likeness (QED) is 0.522. The number of hydrogen-bond donors (Lipinski definition) is 1. The van der Waals surface area contributed by atoms with Crippen molar-refractivity contribution in [2.75, 3.05) is 13.7 Å². The van der Waals surface area contributed by atoms with E-state index in [2.05, 4.69) is 5.32 Å². The van der Waals surface area contributed by atoms with Gasteiger partial charge in [-0.15, -0.1) is 0 Å². The van der Waals surface area contributed by atoms with Crippen LogP contribution in [-0.4, -0.2) is 25.3 Å². The molecule has 46 valence electrons. The van der Waals surface area contributed by atoms with Gasteiger partial charge >= 0.3 is 0 Å². The van der Waals surface area contributed by atoms with Gasteiger partial charge in [0.05, 0.1) is 5.60 Å². The van der Waals surface area contributed by atoms with E-state index < -0.39 is 0 Å². The minimum Gasteiger partial charge on any atom is -0.376 e. The average Bonchev–Trinajstić information content (AvgIpc) is 2.38. The van der Waals surface area contributed by atoms with E-state index in [1.54, 1.807) is 0 Å². The summed E-state index contributed by atoms with van der Waals surface area (Å²) in [4.78, 5) is 0. The highest BCUT2D eigenvalue weighted by molar-refractivity contribution is 5.15. The fourth-order valence-electron chi connectivity index (χ4n) is 1.61. The van der Waals surface area contributed by atoms with Gasteiger partial charge in [-0.25, -0.2) is 0 Å². The van der Waals surface area contributed by atoms with Gasteiger partial charge in [-0.1, -0.05) is 0 Å². The monoisotopic (exact) mass is 113 g/mol. The molecule has 2 rings (SSSR count). The van der Waals surface area contributed by atoms with E-state index in [1.807, 2.05) is 7.11 Å². The molecule has 2 heteroatoms. The molecule has 1 N–H and O–H groups in total. The molecule has 2 nitrogen and oxygen atoms in total. The maximum absolute atomic E-state index is 5.31. The van der Waals surface area contributed by atoms with E-state index in [0.717, 1.165) is 6.54 Å². The molecular weight excluding hydrogens is 102 g/mol. The maximum Gasteiger partial charge on any atom is 0.0860 e. The van der Waals surface area contributed by atoms with Crippen LogP contribution >= 0.6 is 0 Å². The summed E-state index contributed by atoms with van der Waals surface area (Å²) in [5.41, 5.74) is 0.292. The van der Waals surface area contributed by atoms with Crippen molar-refractivity contribution in [2.24, 2.45) is 0 Å². The Balaban J connectivity index is 2.08. The highest BCUT2D eigenvalue weighted by Crippen LogP contribution is 2.45. The lowest BCUT2D eigenvalue weighted by Gasteiger charge is -2.05. The Hall–Kier alpha value is -0.0800. The summed E-state index contributed by atoms with van der Waals surface area (Å²) in [6.07, 6.45) is 2.46. The molecule has 1 saturated heterocycles. The second-order valence-electron chi connectivity index (χ2n) is 2.73. The number of hydrogen-bond acceptors (Lipinski definition) is 2. The third-order valence-corrected chi connectivity index (χ3v) is 2.37. The van der Waals surface area contributed by atoms with E-state index >= 15 is 0 Å². The smallest absolute Gasteiger partial charge is 0.0860 e. The SMILES string of the molecule is COC12CCNC1C2. The summed E-state index contributed by atoms with van der Waals surface area (Å²) in [6.45, 7) is 1.15. The first kappa shape index (κ1) is 4.77. The molecule has 1 saturated carbocycles. The molecule has 2 aliphatic rings. The minimum absolute atomic E-state index is 0.292. The number of rotatable bonds is 1. The molecule has 2 fully saturated rings. The van der Waals surface area contributed by atoms with Crippen LogP contribution in [0.3, 0.4) is 0 Å². The number of methoxy groups -OCH3 is 1. The highest BCUT2D eigenvalue weighted by atomic mass is 16.5. The molecule has 0 radical (unpaired) electrons. The molecule has 0 spiro atoms. The van der Waals surface area contributed by atoms with Gasteiger partial charge in [-0.05, 0) is 19.4 Å². The molecule has 1 aliphatic heterocycles. The van der Waals surface area contributed by atoms with Gasteiger partial charge in [-0.2, -0.15) is 0 Å². The Labute approximate surface area is 49.2 Å². The van der Waals surface area contributed by atoms with E-state index in [-0.39, 0.29) is 0 Å². The van der Waals surface area contributed by atoms with Crippen LogP contribution < -0.4 is 5.32 Å². The fourth-order valence-corrected chi connectivity index (χ4v) is 1.61. The van der Waals surface area contributed by atoms with Crippen LogP contribution in [0.25, 0.3) is 0 Å². The number of nitrogens with one attached hydrogen (secondary N) is 1. The molecule has 2 atom stereocenters. The summed E-state index contributed by atoms with van der Waals surface area (Å²) in [5, 5.41) is 3.36. The van der Waals surface area contributed by atoms with Crippen molar-refractivity contribution in [1.29, 1.82) is 0 Å². The van der Waals surface area contributed by atoms with Gasteiger partial charge in [-0.3, -0.25) is 0 Å². The third-order valence-electron chi connectivity index (χ3n) is 2.37. The zero-order valence-electron chi connectivity index (χ0n) is 5.11. The second kappa shape index (κ2) is 1.25. The molecule has 0 amide bonds. The van der Waals surface area contributed by atoms with Gasteiger partial charge in [0.15, 0.2) is 0 Å². The van der Waals surface area contributed by atoms with E-state index in [9.17, 15) is 0 Å². The average molecular weight is 113 g/mol. The summed E-state index contributed by atoms with van der Waals surface area (Å²) < 4.78 is 5.31. The first-order chi connectivity index (χ1) is 3.87. The predicted molar refractivity (Wildman–Crippen MR) is 30.8 cm³/mol. The lowest BCUT2D eigenvalue weighted by Crippen LogP contribution is -2.14. The summed E-state index contributed by atoms with van der Waals surface area (Å²) in [6, 6.07) is 0.701. The molecule has 1 heterocycles. The van der Waals surface area contributed by atoms with Crippen LogP contribution in [0.1, 0.15) is 12.8 Å². The summed E-state index contributed by atoms with van der Waals surface area (Å²) in [5.74, 6) is 0. The zero-order valence-corrected chi connectivity index (χ0v) is 5.11. The summed E-state index contributed by atoms with van der Waals surface area (Å²) in [7, 11) is 1.81. The van der Waals surface area contributed by atoms with Crippen LogP contribution in [0.4, 0.5) is 0 Å². The molecule has 2 unspecified atom stereocenters. The normalized spacial score (nSPS) is 51.4. The molecule has 0 aromatic rings. The Morgan fingerprint density at radius 2 is 2.62 bits per heavy atom. The van der Waals surface area contributed by atoms with Gasteiger partial charge in [0.1, 0.15) is 0 Å². The van der Waals surface area contributed by atoms with Crippen molar-refractivity contribution in [1.82, 2.24) is 5.32 Å². The van der Waals surface area contributed by atoms with E-state index in [4.69, 9.17) is 4.74 Å².